The van der Waals surface area contributed by atoms with Gasteiger partial charge in [-0.3, -0.25) is 8.96 Å². The van der Waals surface area contributed by atoms with Crippen LogP contribution in [0.3, 0.4) is 0 Å². The summed E-state index contributed by atoms with van der Waals surface area (Å²) in [4.78, 5) is 8.17. The standard InChI is InChI=1S/C13H11FN4S/c1-8-4-9(2-3-16-8)11-5-10-7-17-13(15)6-12(10)18(11)19-14/h2-7H,1H3,(H2,15,17). The maximum absolute atomic E-state index is 13.3. The van der Waals surface area contributed by atoms with Crippen LogP contribution in [0.5, 0.6) is 0 Å². The first-order valence-electron chi connectivity index (χ1n) is 5.68. The van der Waals surface area contributed by atoms with Crippen molar-refractivity contribution in [2.75, 3.05) is 5.73 Å². The minimum atomic E-state index is 0.154. The number of anilines is 1. The molecule has 0 radical (unpaired) electrons. The number of nitrogens with zero attached hydrogens (tertiary/aromatic N) is 3. The van der Waals surface area contributed by atoms with Gasteiger partial charge in [-0.05, 0) is 25.1 Å². The van der Waals surface area contributed by atoms with E-state index in [0.717, 1.165) is 22.3 Å². The second kappa shape index (κ2) is 4.55. The van der Waals surface area contributed by atoms with Crippen LogP contribution in [0.25, 0.3) is 22.2 Å². The van der Waals surface area contributed by atoms with Gasteiger partial charge in [-0.15, -0.1) is 3.89 Å². The molecule has 4 nitrogen and oxygen atoms in total. The van der Waals surface area contributed by atoms with Crippen molar-refractivity contribution in [3.05, 3.63) is 42.4 Å². The van der Waals surface area contributed by atoms with Gasteiger partial charge in [-0.25, -0.2) is 4.98 Å². The number of aromatic nitrogens is 3. The van der Waals surface area contributed by atoms with Gasteiger partial charge >= 0.3 is 0 Å². The molecule has 0 unspecified atom stereocenters. The van der Waals surface area contributed by atoms with Crippen molar-refractivity contribution >= 4 is 29.1 Å². The zero-order chi connectivity index (χ0) is 13.4. The Hall–Kier alpha value is -2.08. The van der Waals surface area contributed by atoms with Crippen molar-refractivity contribution in [2.45, 2.75) is 6.92 Å². The van der Waals surface area contributed by atoms with E-state index in [4.69, 9.17) is 5.73 Å². The first-order valence-corrected chi connectivity index (χ1v) is 6.35. The zero-order valence-electron chi connectivity index (χ0n) is 10.2. The van der Waals surface area contributed by atoms with E-state index in [0.29, 0.717) is 11.3 Å². The molecule has 0 saturated carbocycles. The van der Waals surface area contributed by atoms with Crippen molar-refractivity contribution in [1.29, 1.82) is 0 Å². The molecule has 0 aromatic carbocycles. The Morgan fingerprint density at radius 2 is 2.11 bits per heavy atom. The highest BCUT2D eigenvalue weighted by Gasteiger charge is 2.12. The van der Waals surface area contributed by atoms with E-state index in [-0.39, 0.29) is 12.3 Å². The SMILES string of the molecule is Cc1cc(-c2cc3cnc(N)cc3n2SF)ccn1. The maximum atomic E-state index is 13.3. The summed E-state index contributed by atoms with van der Waals surface area (Å²) in [5.41, 5.74) is 8.92. The topological polar surface area (TPSA) is 56.7 Å². The van der Waals surface area contributed by atoms with Gasteiger partial charge in [-0.1, -0.05) is 0 Å². The molecule has 0 atom stereocenters. The van der Waals surface area contributed by atoms with Crippen LogP contribution in [0.2, 0.25) is 0 Å². The third-order valence-corrected chi connectivity index (χ3v) is 3.46. The summed E-state index contributed by atoms with van der Waals surface area (Å²) < 4.78 is 14.8. The molecule has 6 heteroatoms. The van der Waals surface area contributed by atoms with Crippen molar-refractivity contribution in [2.24, 2.45) is 0 Å². The molecule has 2 N–H and O–H groups in total. The molecule has 3 aromatic heterocycles. The van der Waals surface area contributed by atoms with E-state index in [2.05, 4.69) is 9.97 Å². The van der Waals surface area contributed by atoms with Gasteiger partial charge in [0.2, 0.25) is 0 Å². The number of hydrogen-bond acceptors (Lipinski definition) is 4. The third kappa shape index (κ3) is 2.04. The van der Waals surface area contributed by atoms with Crippen molar-refractivity contribution in [3.8, 4) is 11.3 Å². The molecule has 0 fully saturated rings. The Morgan fingerprint density at radius 1 is 1.26 bits per heavy atom. The number of nitrogens with two attached hydrogens (primary N) is 1. The quantitative estimate of drug-likeness (QED) is 0.778. The van der Waals surface area contributed by atoms with Crippen molar-refractivity contribution < 1.29 is 3.89 Å². The first kappa shape index (κ1) is 12.0. The lowest BCUT2D eigenvalue weighted by atomic mass is 10.2. The van der Waals surface area contributed by atoms with Crippen LogP contribution in [-0.4, -0.2) is 13.9 Å². The molecular formula is C13H11FN4S. The lowest BCUT2D eigenvalue weighted by Crippen LogP contribution is -1.92. The number of nitrogen functional groups attached to an aromatic ring is 1. The van der Waals surface area contributed by atoms with Crippen LogP contribution in [0.1, 0.15) is 5.69 Å². The van der Waals surface area contributed by atoms with Gasteiger partial charge in [0, 0.05) is 35.1 Å². The molecule has 0 saturated heterocycles. The van der Waals surface area contributed by atoms with Gasteiger partial charge in [0.05, 0.1) is 11.2 Å². The normalized spacial score (nSPS) is 11.1. The molecule has 3 rings (SSSR count). The molecule has 19 heavy (non-hydrogen) atoms. The van der Waals surface area contributed by atoms with Gasteiger partial charge in [0.1, 0.15) is 5.82 Å². The Labute approximate surface area is 113 Å². The van der Waals surface area contributed by atoms with Gasteiger partial charge < -0.3 is 5.73 Å². The summed E-state index contributed by atoms with van der Waals surface area (Å²) in [5, 5.41) is 0.851. The monoisotopic (exact) mass is 274 g/mol. The molecule has 3 aromatic rings. The molecule has 0 aliphatic rings. The van der Waals surface area contributed by atoms with E-state index in [1.807, 2.05) is 25.1 Å². The Morgan fingerprint density at radius 3 is 2.84 bits per heavy atom. The van der Waals surface area contributed by atoms with Crippen LogP contribution < -0.4 is 5.73 Å². The summed E-state index contributed by atoms with van der Waals surface area (Å²) in [6.07, 6.45) is 3.36. The molecule has 0 aliphatic carbocycles. The van der Waals surface area contributed by atoms with Gasteiger partial charge in [0.15, 0.2) is 12.3 Å². The highest BCUT2D eigenvalue weighted by Crippen LogP contribution is 2.32. The summed E-state index contributed by atoms with van der Waals surface area (Å²) in [5.74, 6) is 0.373. The maximum Gasteiger partial charge on any atom is 0.170 e. The summed E-state index contributed by atoms with van der Waals surface area (Å²) in [7, 11) is 0. The second-order valence-electron chi connectivity index (χ2n) is 4.25. The van der Waals surface area contributed by atoms with E-state index in [9.17, 15) is 3.89 Å². The summed E-state index contributed by atoms with van der Waals surface area (Å²) in [6.45, 7) is 1.90. The first-order chi connectivity index (χ1) is 9.19. The second-order valence-corrected chi connectivity index (χ2v) is 4.75. The van der Waals surface area contributed by atoms with Crippen LogP contribution >= 0.6 is 12.3 Å². The average molecular weight is 274 g/mol. The highest BCUT2D eigenvalue weighted by atomic mass is 32.2. The average Bonchev–Trinajstić information content (AvgIpc) is 2.76. The van der Waals surface area contributed by atoms with E-state index >= 15 is 0 Å². The lowest BCUT2D eigenvalue weighted by Gasteiger charge is -2.05. The van der Waals surface area contributed by atoms with Crippen LogP contribution in [0, 0.1) is 6.92 Å². The number of halogens is 1. The smallest absolute Gasteiger partial charge is 0.170 e. The molecule has 0 amide bonds. The molecule has 0 spiro atoms. The number of hydrogen-bond donors (Lipinski definition) is 1. The van der Waals surface area contributed by atoms with Gasteiger partial charge in [0.25, 0.3) is 0 Å². The van der Waals surface area contributed by atoms with E-state index < -0.39 is 0 Å². The summed E-state index contributed by atoms with van der Waals surface area (Å²) >= 11 is 0.154. The predicted octanol–water partition coefficient (Wildman–Crippen LogP) is 3.37. The number of fused-ring (bicyclic) bond motifs is 1. The molecule has 3 heterocycles. The third-order valence-electron chi connectivity index (χ3n) is 2.92. The van der Waals surface area contributed by atoms with E-state index in [1.54, 1.807) is 18.5 Å². The minimum absolute atomic E-state index is 0.154. The predicted molar refractivity (Wildman–Crippen MR) is 76.2 cm³/mol. The Kier molecular flexibility index (Phi) is 2.87. The van der Waals surface area contributed by atoms with Crippen LogP contribution in [-0.2, 0) is 0 Å². The fraction of sp³-hybridized carbons (Fsp3) is 0.0769. The highest BCUT2D eigenvalue weighted by molar-refractivity contribution is 7.93. The van der Waals surface area contributed by atoms with Crippen molar-refractivity contribution in [1.82, 2.24) is 13.9 Å². The molecule has 0 aliphatic heterocycles. The summed E-state index contributed by atoms with van der Waals surface area (Å²) in [6, 6.07) is 7.32. The Balaban J connectivity index is 2.29. The molecule has 0 bridgehead atoms. The largest absolute Gasteiger partial charge is 0.384 e. The Bertz CT molecular complexity index is 753. The molecule has 96 valence electrons. The number of aryl methyl sites for hydroxylation is 1. The fourth-order valence-corrected chi connectivity index (χ4v) is 2.54. The molecular weight excluding hydrogens is 263 g/mol. The minimum Gasteiger partial charge on any atom is -0.384 e. The van der Waals surface area contributed by atoms with Crippen LogP contribution in [0.4, 0.5) is 9.70 Å². The van der Waals surface area contributed by atoms with Crippen molar-refractivity contribution in [3.63, 3.8) is 0 Å². The zero-order valence-corrected chi connectivity index (χ0v) is 11.0. The number of rotatable bonds is 2. The fourth-order valence-electron chi connectivity index (χ4n) is 2.07. The van der Waals surface area contributed by atoms with E-state index in [1.165, 1.54) is 3.97 Å². The van der Waals surface area contributed by atoms with Gasteiger partial charge in [-0.2, -0.15) is 0 Å². The number of pyridine rings is 2. The lowest BCUT2D eigenvalue weighted by molar-refractivity contribution is 0.922. The van der Waals surface area contributed by atoms with Crippen LogP contribution in [0.15, 0.2) is 36.7 Å².